The van der Waals surface area contributed by atoms with E-state index in [0.29, 0.717) is 11.1 Å². The Morgan fingerprint density at radius 1 is 1.00 bits per heavy atom. The molecule has 7 heteroatoms. The molecule has 3 rings (SSSR count). The molecule has 3 aromatic rings. The first kappa shape index (κ1) is 19.7. The fraction of sp³-hybridized carbons (Fsp3) is 0.143. The fourth-order valence-corrected chi connectivity index (χ4v) is 3.42. The number of hydrogen-bond donors (Lipinski definition) is 2. The summed E-state index contributed by atoms with van der Waals surface area (Å²) in [5.41, 5.74) is 1.09. The van der Waals surface area contributed by atoms with Crippen LogP contribution in [0, 0.1) is 5.82 Å². The third kappa shape index (κ3) is 5.03. The topological polar surface area (TPSA) is 75.6 Å². The van der Waals surface area contributed by atoms with Crippen molar-refractivity contribution < 1.29 is 23.8 Å². The lowest BCUT2D eigenvalue weighted by Crippen LogP contribution is -2.33. The molecule has 0 aliphatic carbocycles. The van der Waals surface area contributed by atoms with Crippen molar-refractivity contribution in [2.24, 2.45) is 0 Å². The summed E-state index contributed by atoms with van der Waals surface area (Å²) < 4.78 is 18.2. The molecule has 0 saturated carbocycles. The maximum absolute atomic E-state index is 13.2. The fourth-order valence-electron chi connectivity index (χ4n) is 2.62. The molecule has 2 aromatic carbocycles. The van der Waals surface area contributed by atoms with E-state index in [9.17, 15) is 19.1 Å². The van der Waals surface area contributed by atoms with Gasteiger partial charge in [0.05, 0.1) is 6.04 Å². The highest BCUT2D eigenvalue weighted by Crippen LogP contribution is 2.26. The Morgan fingerprint density at radius 2 is 1.71 bits per heavy atom. The van der Waals surface area contributed by atoms with E-state index in [1.54, 1.807) is 42.5 Å². The number of thiophene rings is 1. The zero-order valence-electron chi connectivity index (χ0n) is 14.7. The lowest BCUT2D eigenvalue weighted by atomic mass is 10.1. The van der Waals surface area contributed by atoms with Gasteiger partial charge in [-0.1, -0.05) is 48.5 Å². The first-order valence-electron chi connectivity index (χ1n) is 8.52. The molecule has 1 amide bonds. The van der Waals surface area contributed by atoms with Gasteiger partial charge in [0.1, 0.15) is 5.82 Å². The molecular formula is C21H18FNO4S. The minimum absolute atomic E-state index is 0.371. The molecule has 0 aliphatic heterocycles. The van der Waals surface area contributed by atoms with Gasteiger partial charge in [-0.25, -0.2) is 9.18 Å². The summed E-state index contributed by atoms with van der Waals surface area (Å²) in [5, 5.41) is 14.6. The largest absolute Gasteiger partial charge is 0.453 e. The summed E-state index contributed by atoms with van der Waals surface area (Å²) in [4.78, 5) is 25.1. The molecular weight excluding hydrogens is 381 g/mol. The summed E-state index contributed by atoms with van der Waals surface area (Å²) >= 11 is 1.44. The standard InChI is InChI=1S/C21H18FNO4S/c22-16-10-8-14(9-11-16)19(17-7-4-12-28-17)23-18(24)13-27-21(26)20(25)15-5-2-1-3-6-15/h1-12,19-20,25H,13H2,(H,23,24)/t19-,20-/m1/s1. The summed E-state index contributed by atoms with van der Waals surface area (Å²) in [7, 11) is 0. The molecule has 0 spiro atoms. The summed E-state index contributed by atoms with van der Waals surface area (Å²) in [6.07, 6.45) is -1.46. The van der Waals surface area contributed by atoms with Crippen LogP contribution in [0.1, 0.15) is 28.1 Å². The number of amides is 1. The van der Waals surface area contributed by atoms with Crippen LogP contribution in [0.3, 0.4) is 0 Å². The van der Waals surface area contributed by atoms with Gasteiger partial charge in [-0.05, 0) is 34.7 Å². The van der Waals surface area contributed by atoms with Gasteiger partial charge in [0.25, 0.3) is 5.91 Å². The molecule has 1 heterocycles. The van der Waals surface area contributed by atoms with Crippen LogP contribution in [0.25, 0.3) is 0 Å². The lowest BCUT2D eigenvalue weighted by Gasteiger charge is -2.18. The Hall–Kier alpha value is -3.03. The van der Waals surface area contributed by atoms with Gasteiger partial charge in [0.15, 0.2) is 12.7 Å². The average molecular weight is 399 g/mol. The highest BCUT2D eigenvalue weighted by atomic mass is 32.1. The van der Waals surface area contributed by atoms with Crippen molar-refractivity contribution in [2.75, 3.05) is 6.61 Å². The Kier molecular flexibility index (Phi) is 6.52. The quantitative estimate of drug-likeness (QED) is 0.598. The summed E-state index contributed by atoms with van der Waals surface area (Å²) in [6.45, 7) is -0.536. The highest BCUT2D eigenvalue weighted by Gasteiger charge is 2.22. The number of rotatable bonds is 7. The number of nitrogens with one attached hydrogen (secondary N) is 1. The molecule has 2 atom stereocenters. The van der Waals surface area contributed by atoms with Crippen molar-refractivity contribution in [1.82, 2.24) is 5.32 Å². The molecule has 0 unspecified atom stereocenters. The zero-order chi connectivity index (χ0) is 19.9. The van der Waals surface area contributed by atoms with E-state index >= 15 is 0 Å². The van der Waals surface area contributed by atoms with Crippen molar-refractivity contribution in [3.05, 3.63) is 93.9 Å². The molecule has 5 nitrogen and oxygen atoms in total. The van der Waals surface area contributed by atoms with E-state index in [4.69, 9.17) is 4.74 Å². The normalized spacial score (nSPS) is 12.8. The van der Waals surface area contributed by atoms with Gasteiger partial charge in [0.2, 0.25) is 0 Å². The number of aliphatic hydroxyl groups is 1. The Morgan fingerprint density at radius 3 is 2.36 bits per heavy atom. The number of benzene rings is 2. The number of aliphatic hydroxyl groups excluding tert-OH is 1. The van der Waals surface area contributed by atoms with Crippen LogP contribution in [0.5, 0.6) is 0 Å². The third-order valence-corrected chi connectivity index (χ3v) is 4.96. The molecule has 1 aromatic heterocycles. The predicted octanol–water partition coefficient (Wildman–Crippen LogP) is 3.37. The second-order valence-electron chi connectivity index (χ2n) is 5.99. The number of halogens is 1. The van der Waals surface area contributed by atoms with E-state index in [-0.39, 0.29) is 5.82 Å². The second kappa shape index (κ2) is 9.25. The maximum Gasteiger partial charge on any atom is 0.340 e. The Balaban J connectivity index is 1.62. The smallest absolute Gasteiger partial charge is 0.340 e. The first-order chi connectivity index (χ1) is 13.5. The number of hydrogen-bond acceptors (Lipinski definition) is 5. The second-order valence-corrected chi connectivity index (χ2v) is 6.97. The van der Waals surface area contributed by atoms with Crippen LogP contribution >= 0.6 is 11.3 Å². The van der Waals surface area contributed by atoms with Crippen LogP contribution in [0.2, 0.25) is 0 Å². The van der Waals surface area contributed by atoms with Crippen molar-refractivity contribution in [3.8, 4) is 0 Å². The van der Waals surface area contributed by atoms with Crippen molar-refractivity contribution in [2.45, 2.75) is 12.1 Å². The molecule has 0 fully saturated rings. The zero-order valence-corrected chi connectivity index (χ0v) is 15.6. The molecule has 0 bridgehead atoms. The van der Waals surface area contributed by atoms with Crippen LogP contribution in [-0.4, -0.2) is 23.6 Å². The van der Waals surface area contributed by atoms with E-state index in [2.05, 4.69) is 5.32 Å². The van der Waals surface area contributed by atoms with E-state index in [0.717, 1.165) is 4.88 Å². The molecule has 144 valence electrons. The Labute approximate surface area is 165 Å². The summed E-state index contributed by atoms with van der Waals surface area (Å²) in [6, 6.07) is 17.3. The molecule has 2 N–H and O–H groups in total. The van der Waals surface area contributed by atoms with E-state index < -0.39 is 30.6 Å². The van der Waals surface area contributed by atoms with Crippen molar-refractivity contribution in [3.63, 3.8) is 0 Å². The number of carbonyl (C=O) groups is 2. The van der Waals surface area contributed by atoms with Gasteiger partial charge < -0.3 is 15.2 Å². The van der Waals surface area contributed by atoms with E-state index in [1.807, 2.05) is 17.5 Å². The van der Waals surface area contributed by atoms with Gasteiger partial charge in [0, 0.05) is 4.88 Å². The predicted molar refractivity (Wildman–Crippen MR) is 103 cm³/mol. The van der Waals surface area contributed by atoms with Gasteiger partial charge in [-0.3, -0.25) is 4.79 Å². The first-order valence-corrected chi connectivity index (χ1v) is 9.40. The molecule has 0 saturated heterocycles. The van der Waals surface area contributed by atoms with Gasteiger partial charge in [-0.15, -0.1) is 11.3 Å². The molecule has 0 aliphatic rings. The number of esters is 1. The van der Waals surface area contributed by atoms with Crippen LogP contribution in [0.4, 0.5) is 4.39 Å². The van der Waals surface area contributed by atoms with Crippen LogP contribution in [-0.2, 0) is 14.3 Å². The average Bonchev–Trinajstić information content (AvgIpc) is 3.25. The summed E-state index contributed by atoms with van der Waals surface area (Å²) in [5.74, 6) is -1.81. The molecule has 0 radical (unpaired) electrons. The highest BCUT2D eigenvalue weighted by molar-refractivity contribution is 7.10. The number of ether oxygens (including phenoxy) is 1. The minimum atomic E-state index is -1.46. The SMILES string of the molecule is O=C(COC(=O)[C@H](O)c1ccccc1)N[C@H](c1ccc(F)cc1)c1cccs1. The monoisotopic (exact) mass is 399 g/mol. The van der Waals surface area contributed by atoms with Gasteiger partial charge in [-0.2, -0.15) is 0 Å². The number of carbonyl (C=O) groups excluding carboxylic acids is 2. The van der Waals surface area contributed by atoms with Crippen LogP contribution in [0.15, 0.2) is 72.1 Å². The maximum atomic E-state index is 13.2. The van der Waals surface area contributed by atoms with Crippen molar-refractivity contribution in [1.29, 1.82) is 0 Å². The minimum Gasteiger partial charge on any atom is -0.453 e. The van der Waals surface area contributed by atoms with Crippen LogP contribution < -0.4 is 5.32 Å². The van der Waals surface area contributed by atoms with Gasteiger partial charge >= 0.3 is 5.97 Å². The lowest BCUT2D eigenvalue weighted by molar-refractivity contribution is -0.157. The Bertz CT molecular complexity index is 913. The van der Waals surface area contributed by atoms with E-state index in [1.165, 1.54) is 23.5 Å². The third-order valence-electron chi connectivity index (χ3n) is 4.02. The molecule has 28 heavy (non-hydrogen) atoms. The van der Waals surface area contributed by atoms with Crippen molar-refractivity contribution >= 4 is 23.2 Å².